The average molecular weight is 840 g/mol. The number of carbonyl (C=O) groups excluding carboxylic acids is 3. The lowest BCUT2D eigenvalue weighted by molar-refractivity contribution is 0.0224. The van der Waals surface area contributed by atoms with Gasteiger partial charge in [-0.1, -0.05) is 41.1 Å². The van der Waals surface area contributed by atoms with Crippen LogP contribution in [0.15, 0.2) is 121 Å². The minimum atomic E-state index is -1.42. The van der Waals surface area contributed by atoms with E-state index in [0.29, 0.717) is 45.3 Å². The number of esters is 1. The van der Waals surface area contributed by atoms with E-state index in [4.69, 9.17) is 14.5 Å². The molecule has 63 heavy (non-hydrogen) atoms. The van der Waals surface area contributed by atoms with Crippen LogP contribution in [0.25, 0.3) is 16.9 Å². The lowest BCUT2D eigenvalue weighted by atomic mass is 9.77. The second-order valence-corrected chi connectivity index (χ2v) is 15.9. The van der Waals surface area contributed by atoms with Gasteiger partial charge >= 0.3 is 18.0 Å². The van der Waals surface area contributed by atoms with Gasteiger partial charge in [-0.15, -0.1) is 5.10 Å². The fraction of sp³-hybridized carbons (Fsp3) is 0.149. The molecule has 1 saturated heterocycles. The molecule has 0 unspecified atom stereocenters. The van der Waals surface area contributed by atoms with Gasteiger partial charge in [0.2, 0.25) is 0 Å². The van der Waals surface area contributed by atoms with E-state index in [9.17, 15) is 24.6 Å². The SMILES string of the molecule is Cc1cccc(-c2ccc3c(n2)N(C(=O)Nc2cccc(-n4cc(CNC(=O)Nc5ccc6c(c5)C(=O)OC65c6ccc(O)cc6Oc6cc(O)ccc65)nn4)c2)[C@H]2CCN3C2)c1. The van der Waals surface area contributed by atoms with Crippen LogP contribution in [0.2, 0.25) is 0 Å². The van der Waals surface area contributed by atoms with E-state index in [1.807, 2.05) is 49.4 Å². The third-order valence-corrected chi connectivity index (χ3v) is 11.8. The van der Waals surface area contributed by atoms with Gasteiger partial charge in [-0.2, -0.15) is 0 Å². The molecule has 2 aromatic heterocycles. The first kappa shape index (κ1) is 37.6. The summed E-state index contributed by atoms with van der Waals surface area (Å²) in [6, 6.07) is 32.6. The number of amides is 4. The van der Waals surface area contributed by atoms with E-state index >= 15 is 0 Å². The minimum Gasteiger partial charge on any atom is -0.508 e. The molecule has 4 aliphatic rings. The molecule has 312 valence electrons. The van der Waals surface area contributed by atoms with Crippen LogP contribution in [-0.4, -0.2) is 67.4 Å². The number of carbonyl (C=O) groups is 3. The summed E-state index contributed by atoms with van der Waals surface area (Å²) < 4.78 is 13.7. The number of rotatable bonds is 6. The quantitative estimate of drug-likeness (QED) is 0.104. The Morgan fingerprint density at radius 3 is 2.40 bits per heavy atom. The monoisotopic (exact) mass is 839 g/mol. The number of hydrogen-bond donors (Lipinski definition) is 5. The summed E-state index contributed by atoms with van der Waals surface area (Å²) >= 11 is 0. The highest BCUT2D eigenvalue weighted by atomic mass is 16.6. The van der Waals surface area contributed by atoms with Gasteiger partial charge in [0, 0.05) is 58.9 Å². The first-order valence-electron chi connectivity index (χ1n) is 20.3. The van der Waals surface area contributed by atoms with Crippen molar-refractivity contribution in [3.8, 4) is 39.9 Å². The van der Waals surface area contributed by atoms with Crippen LogP contribution < -0.4 is 30.5 Å². The molecule has 1 spiro atoms. The normalized spacial score (nSPS) is 16.0. The van der Waals surface area contributed by atoms with E-state index in [-0.39, 0.29) is 47.2 Å². The van der Waals surface area contributed by atoms with Gasteiger partial charge in [-0.05, 0) is 86.1 Å². The van der Waals surface area contributed by atoms with E-state index in [1.165, 1.54) is 30.3 Å². The molecular formula is C47H37N9O7. The van der Waals surface area contributed by atoms with Gasteiger partial charge in [-0.3, -0.25) is 4.90 Å². The number of aryl methyl sites for hydroxylation is 1. The van der Waals surface area contributed by atoms with Crippen LogP contribution >= 0.6 is 0 Å². The zero-order chi connectivity index (χ0) is 43.0. The van der Waals surface area contributed by atoms with E-state index < -0.39 is 17.6 Å². The molecule has 5 aromatic carbocycles. The van der Waals surface area contributed by atoms with Crippen molar-refractivity contribution in [2.45, 2.75) is 31.5 Å². The summed E-state index contributed by atoms with van der Waals surface area (Å²) in [6.07, 6.45) is 2.52. The summed E-state index contributed by atoms with van der Waals surface area (Å²) in [7, 11) is 0. The maximum absolute atomic E-state index is 14.0. The Balaban J connectivity index is 0.767. The number of benzene rings is 5. The van der Waals surface area contributed by atoms with Crippen molar-refractivity contribution in [3.63, 3.8) is 0 Å². The van der Waals surface area contributed by atoms with Crippen molar-refractivity contribution in [3.05, 3.63) is 155 Å². The zero-order valence-electron chi connectivity index (χ0n) is 33.6. The number of ether oxygens (including phenoxy) is 2. The van der Waals surface area contributed by atoms with E-state index in [2.05, 4.69) is 43.3 Å². The lowest BCUT2D eigenvalue weighted by Crippen LogP contribution is -2.48. The van der Waals surface area contributed by atoms with Gasteiger partial charge < -0.3 is 40.5 Å². The zero-order valence-corrected chi connectivity index (χ0v) is 33.6. The van der Waals surface area contributed by atoms with E-state index in [1.54, 1.807) is 46.1 Å². The molecule has 11 rings (SSSR count). The first-order valence-corrected chi connectivity index (χ1v) is 20.3. The largest absolute Gasteiger partial charge is 0.508 e. The molecule has 0 aliphatic carbocycles. The predicted octanol–water partition coefficient (Wildman–Crippen LogP) is 7.57. The maximum atomic E-state index is 14.0. The molecular weight excluding hydrogens is 803 g/mol. The number of aromatic hydroxyl groups is 2. The number of nitrogens with one attached hydrogen (secondary N) is 3. The number of anilines is 4. The average Bonchev–Trinajstić information content (AvgIpc) is 4.00. The highest BCUT2D eigenvalue weighted by Gasteiger charge is 2.54. The van der Waals surface area contributed by atoms with Crippen molar-refractivity contribution < 1.29 is 34.1 Å². The summed E-state index contributed by atoms with van der Waals surface area (Å²) in [5.74, 6) is 0.454. The molecule has 2 bridgehead atoms. The van der Waals surface area contributed by atoms with Gasteiger partial charge in [0.05, 0.1) is 41.4 Å². The van der Waals surface area contributed by atoms with Crippen LogP contribution in [0.3, 0.4) is 0 Å². The topological polar surface area (TPSA) is 196 Å². The van der Waals surface area contributed by atoms with Crippen molar-refractivity contribution in [2.24, 2.45) is 0 Å². The Labute approximate surface area is 359 Å². The number of pyridine rings is 1. The Kier molecular flexibility index (Phi) is 8.57. The summed E-state index contributed by atoms with van der Waals surface area (Å²) in [5.41, 5.74) is 6.19. The Hall–Kier alpha value is -8.40. The molecule has 5 N–H and O–H groups in total. The number of nitrogens with zero attached hydrogens (tertiary/aromatic N) is 6. The van der Waals surface area contributed by atoms with Crippen LogP contribution in [0.1, 0.15) is 44.7 Å². The number of phenolic OH excluding ortho intramolecular Hbond substituents is 2. The smallest absolute Gasteiger partial charge is 0.340 e. The van der Waals surface area contributed by atoms with Crippen LogP contribution in [0, 0.1) is 6.92 Å². The lowest BCUT2D eigenvalue weighted by Gasteiger charge is -2.36. The Bertz CT molecular complexity index is 3010. The highest BCUT2D eigenvalue weighted by Crippen LogP contribution is 2.57. The highest BCUT2D eigenvalue weighted by molar-refractivity contribution is 6.05. The minimum absolute atomic E-state index is 0.0166. The van der Waals surface area contributed by atoms with Crippen LogP contribution in [0.4, 0.5) is 32.5 Å². The number of aromatic nitrogens is 4. The maximum Gasteiger partial charge on any atom is 0.340 e. The molecule has 7 aromatic rings. The number of fused-ring (bicyclic) bond motifs is 10. The van der Waals surface area contributed by atoms with Crippen molar-refractivity contribution >= 4 is 40.9 Å². The molecule has 0 saturated carbocycles. The van der Waals surface area contributed by atoms with Crippen molar-refractivity contribution in [2.75, 3.05) is 33.5 Å². The number of phenols is 2. The number of hydrogen-bond acceptors (Lipinski definition) is 11. The summed E-state index contributed by atoms with van der Waals surface area (Å²) in [4.78, 5) is 49.8. The second kappa shape index (κ2) is 14.4. The van der Waals surface area contributed by atoms with Crippen molar-refractivity contribution in [1.29, 1.82) is 0 Å². The van der Waals surface area contributed by atoms with Crippen LogP contribution in [-0.2, 0) is 16.9 Å². The van der Waals surface area contributed by atoms with E-state index in [0.717, 1.165) is 42.0 Å². The van der Waals surface area contributed by atoms with Gasteiger partial charge in [0.15, 0.2) is 11.4 Å². The Morgan fingerprint density at radius 1 is 0.841 bits per heavy atom. The van der Waals surface area contributed by atoms with Crippen molar-refractivity contribution in [1.82, 2.24) is 25.3 Å². The third-order valence-electron chi connectivity index (χ3n) is 11.8. The molecule has 0 radical (unpaired) electrons. The molecule has 1 atom stereocenters. The van der Waals surface area contributed by atoms with Gasteiger partial charge in [0.1, 0.15) is 28.7 Å². The summed E-state index contributed by atoms with van der Waals surface area (Å²) in [5, 5.41) is 37.5. The van der Waals surface area contributed by atoms with Crippen LogP contribution in [0.5, 0.6) is 23.0 Å². The van der Waals surface area contributed by atoms with Gasteiger partial charge in [0.25, 0.3) is 0 Å². The Morgan fingerprint density at radius 2 is 1.60 bits per heavy atom. The summed E-state index contributed by atoms with van der Waals surface area (Å²) in [6.45, 7) is 3.67. The van der Waals surface area contributed by atoms with Gasteiger partial charge in [-0.25, -0.2) is 24.0 Å². The molecule has 4 aliphatic heterocycles. The fourth-order valence-electron chi connectivity index (χ4n) is 8.98. The molecule has 6 heterocycles. The first-order chi connectivity index (χ1) is 30.6. The molecule has 16 heteroatoms. The second-order valence-electron chi connectivity index (χ2n) is 15.9. The fourth-order valence-corrected chi connectivity index (χ4v) is 8.98. The standard InChI is InChI=1S/C47H37N9O7/c1-26-4-2-5-27(18-26)39-14-15-40-43(51-39)56(32-16-17-54(40)25-32)46(61)50-28-6-3-7-31(19-28)55-24-30(52-53-55)23-48-45(60)49-29-8-11-36-35(20-29)44(59)63-47(36)37-12-9-33(57)21-41(37)62-42-22-34(58)10-13-38(42)47/h2-15,18-22,24,32,57-58H,16-17,23,25H2,1H3,(H,50,61)(H2,48,49,60)/t32-/m0/s1. The predicted molar refractivity (Wildman–Crippen MR) is 232 cm³/mol. The molecule has 16 nitrogen and oxygen atoms in total. The third kappa shape index (κ3) is 6.38. The molecule has 4 amide bonds. The number of urea groups is 2. The molecule has 1 fully saturated rings.